The van der Waals surface area contributed by atoms with Crippen LogP contribution in [0.5, 0.6) is 0 Å². The summed E-state index contributed by atoms with van der Waals surface area (Å²) in [4.78, 5) is 15.5. The van der Waals surface area contributed by atoms with Crippen LogP contribution in [0.3, 0.4) is 0 Å². The number of hydrogen-bond donors (Lipinski definition) is 1. The molecule has 0 aromatic carbocycles. The molecule has 0 amide bonds. The van der Waals surface area contributed by atoms with Gasteiger partial charge in [0.15, 0.2) is 0 Å². The molecular weight excluding hydrogens is 314 g/mol. The Morgan fingerprint density at radius 1 is 1.32 bits per heavy atom. The molecule has 0 aliphatic carbocycles. The van der Waals surface area contributed by atoms with Crippen molar-refractivity contribution in [1.29, 1.82) is 0 Å². The molecule has 0 saturated carbocycles. The molecule has 2 aliphatic rings. The fraction of sp³-hybridized carbons (Fsp3) is 0.526. The van der Waals surface area contributed by atoms with Crippen LogP contribution in [0.25, 0.3) is 0 Å². The zero-order valence-electron chi connectivity index (χ0n) is 14.7. The van der Waals surface area contributed by atoms with Crippen molar-refractivity contribution in [3.05, 3.63) is 42.5 Å². The van der Waals surface area contributed by atoms with Crippen LogP contribution in [-0.2, 0) is 11.2 Å². The van der Waals surface area contributed by atoms with Crippen molar-refractivity contribution in [2.75, 3.05) is 29.9 Å². The predicted octanol–water partition coefficient (Wildman–Crippen LogP) is 2.67. The average molecular weight is 339 g/mol. The number of aromatic nitrogens is 3. The summed E-state index contributed by atoms with van der Waals surface area (Å²) in [6, 6.07) is 4.33. The minimum absolute atomic E-state index is 0.0923. The number of pyridine rings is 1. The lowest BCUT2D eigenvalue weighted by molar-refractivity contribution is -0.00668. The van der Waals surface area contributed by atoms with E-state index in [0.717, 1.165) is 57.0 Å². The molecule has 2 aromatic rings. The summed E-state index contributed by atoms with van der Waals surface area (Å²) in [7, 11) is 0. The van der Waals surface area contributed by atoms with E-state index in [2.05, 4.69) is 32.1 Å². The van der Waals surface area contributed by atoms with Crippen LogP contribution in [0.4, 0.5) is 11.6 Å². The van der Waals surface area contributed by atoms with E-state index in [4.69, 9.17) is 4.74 Å². The molecule has 2 atom stereocenters. The van der Waals surface area contributed by atoms with Crippen LogP contribution >= 0.6 is 0 Å². The Kier molecular flexibility index (Phi) is 4.53. The van der Waals surface area contributed by atoms with Crippen molar-refractivity contribution in [2.24, 2.45) is 0 Å². The summed E-state index contributed by atoms with van der Waals surface area (Å²) < 4.78 is 6.28. The van der Waals surface area contributed by atoms with Crippen LogP contribution < -0.4 is 10.2 Å². The van der Waals surface area contributed by atoms with Gasteiger partial charge in [-0.05, 0) is 37.0 Å². The molecule has 0 bridgehead atoms. The van der Waals surface area contributed by atoms with Crippen molar-refractivity contribution in [3.63, 3.8) is 0 Å². The first kappa shape index (κ1) is 16.3. The molecule has 4 heterocycles. The topological polar surface area (TPSA) is 63.2 Å². The smallest absolute Gasteiger partial charge is 0.225 e. The predicted molar refractivity (Wildman–Crippen MR) is 97.8 cm³/mol. The van der Waals surface area contributed by atoms with Gasteiger partial charge in [0, 0.05) is 44.3 Å². The summed E-state index contributed by atoms with van der Waals surface area (Å²) in [5.74, 6) is 0.823. The third-order valence-corrected chi connectivity index (χ3v) is 5.16. The second-order valence-corrected chi connectivity index (χ2v) is 7.05. The highest BCUT2D eigenvalue weighted by Crippen LogP contribution is 2.36. The number of nitrogens with zero attached hydrogens (tertiary/aromatic N) is 4. The van der Waals surface area contributed by atoms with Crippen LogP contribution in [0, 0.1) is 0 Å². The highest BCUT2D eigenvalue weighted by molar-refractivity contribution is 5.41. The van der Waals surface area contributed by atoms with Gasteiger partial charge in [-0.2, -0.15) is 0 Å². The van der Waals surface area contributed by atoms with Gasteiger partial charge in [-0.15, -0.1) is 0 Å². The van der Waals surface area contributed by atoms with Gasteiger partial charge in [0.1, 0.15) is 0 Å². The van der Waals surface area contributed by atoms with E-state index in [9.17, 15) is 0 Å². The lowest BCUT2D eigenvalue weighted by atomic mass is 9.89. The number of hydrogen-bond acceptors (Lipinski definition) is 6. The van der Waals surface area contributed by atoms with E-state index >= 15 is 0 Å². The Bertz CT molecular complexity index is 693. The Morgan fingerprint density at radius 3 is 2.96 bits per heavy atom. The number of anilines is 2. The average Bonchev–Trinajstić information content (AvgIpc) is 3.04. The molecule has 6 heteroatoms. The standard InChI is InChI=1S/C19H25N5O/c1-2-15-10-21-18(22-11-15)24-8-4-6-19(14-24)9-17(13-25-19)23-16-5-3-7-20-12-16/h3,5,7,10-12,17,23H,2,4,6,8-9,13-14H2,1H3/t17-,19-/m0/s1. The molecule has 4 rings (SSSR count). The summed E-state index contributed by atoms with van der Waals surface area (Å²) in [5, 5.41) is 3.54. The van der Waals surface area contributed by atoms with Crippen LogP contribution in [0.15, 0.2) is 36.9 Å². The van der Waals surface area contributed by atoms with Gasteiger partial charge in [-0.3, -0.25) is 4.98 Å². The first-order valence-corrected chi connectivity index (χ1v) is 9.13. The zero-order chi connectivity index (χ0) is 17.1. The van der Waals surface area contributed by atoms with Gasteiger partial charge in [0.2, 0.25) is 5.95 Å². The first-order valence-electron chi connectivity index (χ1n) is 9.13. The molecular formula is C19H25N5O. The van der Waals surface area contributed by atoms with Gasteiger partial charge < -0.3 is 15.0 Å². The van der Waals surface area contributed by atoms with Crippen LogP contribution in [0.1, 0.15) is 31.7 Å². The molecule has 25 heavy (non-hydrogen) atoms. The third-order valence-electron chi connectivity index (χ3n) is 5.16. The Labute approximate surface area is 148 Å². The Morgan fingerprint density at radius 2 is 2.20 bits per heavy atom. The van der Waals surface area contributed by atoms with Gasteiger partial charge >= 0.3 is 0 Å². The number of nitrogens with one attached hydrogen (secondary N) is 1. The van der Waals surface area contributed by atoms with E-state index in [1.807, 2.05) is 30.7 Å². The number of rotatable bonds is 4. The summed E-state index contributed by atoms with van der Waals surface area (Å²) in [6.45, 7) is 4.72. The van der Waals surface area contributed by atoms with Crippen molar-refractivity contribution < 1.29 is 4.74 Å². The van der Waals surface area contributed by atoms with Gasteiger partial charge in [-0.1, -0.05) is 6.92 Å². The van der Waals surface area contributed by atoms with Crippen LogP contribution in [-0.4, -0.2) is 46.3 Å². The molecule has 132 valence electrons. The Hall–Kier alpha value is -2.21. The molecule has 1 spiro atoms. The normalized spacial score (nSPS) is 26.1. The van der Waals surface area contributed by atoms with Crippen molar-refractivity contribution in [3.8, 4) is 0 Å². The maximum Gasteiger partial charge on any atom is 0.225 e. The van der Waals surface area contributed by atoms with E-state index in [1.54, 1.807) is 6.20 Å². The summed E-state index contributed by atoms with van der Waals surface area (Å²) in [6.07, 6.45) is 11.7. The fourth-order valence-corrected chi connectivity index (χ4v) is 3.87. The second kappa shape index (κ2) is 6.96. The number of ether oxygens (including phenoxy) is 1. The molecule has 0 unspecified atom stereocenters. The van der Waals surface area contributed by atoms with E-state index in [1.165, 1.54) is 5.56 Å². The van der Waals surface area contributed by atoms with Gasteiger partial charge in [-0.25, -0.2) is 9.97 Å². The molecule has 2 fully saturated rings. The van der Waals surface area contributed by atoms with E-state index in [0.29, 0.717) is 6.04 Å². The fourth-order valence-electron chi connectivity index (χ4n) is 3.87. The molecule has 2 aliphatic heterocycles. The minimum atomic E-state index is -0.0923. The highest BCUT2D eigenvalue weighted by Gasteiger charge is 2.44. The number of aryl methyl sites for hydroxylation is 1. The third kappa shape index (κ3) is 3.58. The van der Waals surface area contributed by atoms with Crippen molar-refractivity contribution in [2.45, 2.75) is 44.2 Å². The SMILES string of the molecule is CCc1cnc(N2CCC[C@]3(C[C@H](Nc4cccnc4)CO3)C2)nc1. The molecule has 6 nitrogen and oxygen atoms in total. The van der Waals surface area contributed by atoms with Crippen molar-refractivity contribution >= 4 is 11.6 Å². The largest absolute Gasteiger partial charge is 0.379 e. The van der Waals surface area contributed by atoms with Gasteiger partial charge in [0.05, 0.1) is 23.9 Å². The lowest BCUT2D eigenvalue weighted by Crippen LogP contribution is -2.48. The van der Waals surface area contributed by atoms with E-state index in [-0.39, 0.29) is 5.60 Å². The summed E-state index contributed by atoms with van der Waals surface area (Å²) >= 11 is 0. The lowest BCUT2D eigenvalue weighted by Gasteiger charge is -2.39. The quantitative estimate of drug-likeness (QED) is 0.924. The maximum absolute atomic E-state index is 6.28. The zero-order valence-corrected chi connectivity index (χ0v) is 14.7. The second-order valence-electron chi connectivity index (χ2n) is 7.05. The van der Waals surface area contributed by atoms with Crippen molar-refractivity contribution in [1.82, 2.24) is 15.0 Å². The monoisotopic (exact) mass is 339 g/mol. The molecule has 0 radical (unpaired) electrons. The van der Waals surface area contributed by atoms with Gasteiger partial charge in [0.25, 0.3) is 0 Å². The first-order chi connectivity index (χ1) is 12.3. The van der Waals surface area contributed by atoms with Crippen LogP contribution in [0.2, 0.25) is 0 Å². The minimum Gasteiger partial charge on any atom is -0.379 e. The Balaban J connectivity index is 1.42. The van der Waals surface area contributed by atoms with E-state index < -0.39 is 0 Å². The molecule has 2 aromatic heterocycles. The highest BCUT2D eigenvalue weighted by atomic mass is 16.5. The molecule has 2 saturated heterocycles. The summed E-state index contributed by atoms with van der Waals surface area (Å²) in [5.41, 5.74) is 2.14. The maximum atomic E-state index is 6.28. The molecule has 1 N–H and O–H groups in total. The number of piperidine rings is 1.